The van der Waals surface area contributed by atoms with Gasteiger partial charge in [0.15, 0.2) is 0 Å². The highest BCUT2D eigenvalue weighted by molar-refractivity contribution is 5.40. The van der Waals surface area contributed by atoms with Crippen LogP contribution in [0.2, 0.25) is 0 Å². The number of nitrogens with zero attached hydrogens (tertiary/aromatic N) is 1. The fraction of sp³-hybridized carbons (Fsp3) is 1.00. The number of aliphatic hydroxyl groups is 4. The van der Waals surface area contributed by atoms with Gasteiger partial charge in [-0.3, -0.25) is 0 Å². The lowest BCUT2D eigenvalue weighted by Crippen LogP contribution is -2.81. The Morgan fingerprint density at radius 2 is 1.66 bits per heavy atom. The van der Waals surface area contributed by atoms with Crippen molar-refractivity contribution < 1.29 is 44.1 Å². The van der Waals surface area contributed by atoms with E-state index < -0.39 is 58.5 Å². The summed E-state index contributed by atoms with van der Waals surface area (Å²) in [5, 5.41) is 47.2. The normalized spacial score (nSPS) is 62.4. The number of piperidine rings is 1. The van der Waals surface area contributed by atoms with Gasteiger partial charge in [-0.1, -0.05) is 0 Å². The van der Waals surface area contributed by atoms with E-state index in [1.165, 1.54) is 7.11 Å². The lowest BCUT2D eigenvalue weighted by Gasteiger charge is -2.70. The highest BCUT2D eigenvalue weighted by Crippen LogP contribution is 2.80. The second-order valence-corrected chi connectivity index (χ2v) is 12.1. The van der Waals surface area contributed by atoms with Crippen LogP contribution in [-0.2, 0) is 23.7 Å². The first-order chi connectivity index (χ1) is 16.6. The molecule has 6 fully saturated rings. The Labute approximate surface area is 206 Å². The third kappa shape index (κ3) is 2.31. The molecule has 5 saturated carbocycles. The molecule has 1 aliphatic heterocycles. The highest BCUT2D eigenvalue weighted by Gasteiger charge is 2.90. The van der Waals surface area contributed by atoms with Crippen molar-refractivity contribution in [3.05, 3.63) is 0 Å². The van der Waals surface area contributed by atoms with Crippen LogP contribution in [0.1, 0.15) is 12.8 Å². The summed E-state index contributed by atoms with van der Waals surface area (Å²) in [5.41, 5.74) is -4.05. The molecule has 0 aromatic heterocycles. The van der Waals surface area contributed by atoms with Crippen LogP contribution in [0.4, 0.5) is 0 Å². The number of ether oxygens (including phenoxy) is 5. The summed E-state index contributed by atoms with van der Waals surface area (Å²) in [6.07, 6.45) is -4.11. The third-order valence-electron chi connectivity index (χ3n) is 11.7. The Kier molecular flexibility index (Phi) is 5.40. The highest BCUT2D eigenvalue weighted by atomic mass is 16.5. The predicted molar refractivity (Wildman–Crippen MR) is 121 cm³/mol. The summed E-state index contributed by atoms with van der Waals surface area (Å²) in [5.74, 6) is -1.37. The molecule has 0 aromatic rings. The lowest BCUT2D eigenvalue weighted by atomic mass is 9.42. The SMILES string of the molecule is COC[C@]12CN(C)[C@@H]3[C@@H]4[C@H](OC)[C@H]1[C@@]3([C@@H](OC)CC2O)[C@@H]1C[C@]2(O)[C@H](O)[C@@H]1[C@]4(OC)[C@@H](O)[C@@H]2OC. The van der Waals surface area contributed by atoms with E-state index in [0.717, 1.165) is 0 Å². The van der Waals surface area contributed by atoms with Gasteiger partial charge >= 0.3 is 0 Å². The third-order valence-corrected chi connectivity index (χ3v) is 11.7. The number of rotatable bonds is 6. The second kappa shape index (κ2) is 7.59. The molecule has 1 spiro atoms. The van der Waals surface area contributed by atoms with E-state index in [4.69, 9.17) is 23.7 Å². The molecule has 0 amide bonds. The van der Waals surface area contributed by atoms with Gasteiger partial charge in [0.25, 0.3) is 0 Å². The monoisotopic (exact) mass is 499 g/mol. The van der Waals surface area contributed by atoms with Crippen LogP contribution in [0.25, 0.3) is 0 Å². The fourth-order valence-corrected chi connectivity index (χ4v) is 11.2. The van der Waals surface area contributed by atoms with Crippen molar-refractivity contribution in [1.82, 2.24) is 4.90 Å². The zero-order valence-corrected chi connectivity index (χ0v) is 21.5. The van der Waals surface area contributed by atoms with E-state index in [-0.39, 0.29) is 36.3 Å². The van der Waals surface area contributed by atoms with E-state index in [1.54, 1.807) is 28.4 Å². The van der Waals surface area contributed by atoms with Crippen molar-refractivity contribution in [2.45, 2.75) is 66.7 Å². The van der Waals surface area contributed by atoms with Crippen molar-refractivity contribution in [3.8, 4) is 0 Å². The molecule has 200 valence electrons. The number of hydrogen-bond donors (Lipinski definition) is 4. The number of likely N-dealkylation sites (tertiary alicyclic amines) is 1. The van der Waals surface area contributed by atoms with Gasteiger partial charge in [-0.15, -0.1) is 0 Å². The standard InChI is InChI=1S/C25H41NO9/c1-26-9-22(10-31-2)12(27)7-13(32-3)24-11-8-23(30)19(28)14(11)25(35-6,20(29)21(23)34-5)15(18(24)26)16(33-4)17(22)24/h11-21,27-30H,7-10H2,1-6H3/t11-,12?,13+,14-,15+,16+,17-,18-,19-,20+,21+,22+,23+,24+,25-/m1/s1. The molecule has 6 rings (SSSR count). The second-order valence-electron chi connectivity index (χ2n) is 12.1. The van der Waals surface area contributed by atoms with Crippen LogP contribution in [0.15, 0.2) is 0 Å². The van der Waals surface area contributed by atoms with E-state index in [0.29, 0.717) is 19.6 Å². The summed E-state index contributed by atoms with van der Waals surface area (Å²) < 4.78 is 30.4. The average Bonchev–Trinajstić information content (AvgIpc) is 3.19. The largest absolute Gasteiger partial charge is 0.392 e. The Hall–Kier alpha value is -0.400. The Bertz CT molecular complexity index is 878. The van der Waals surface area contributed by atoms with Gasteiger partial charge in [-0.2, -0.15) is 0 Å². The van der Waals surface area contributed by atoms with E-state index in [2.05, 4.69) is 4.90 Å². The maximum Gasteiger partial charge on any atom is 0.120 e. The average molecular weight is 500 g/mol. The first-order valence-electron chi connectivity index (χ1n) is 12.7. The Morgan fingerprint density at radius 1 is 0.943 bits per heavy atom. The van der Waals surface area contributed by atoms with Gasteiger partial charge in [0.1, 0.15) is 23.4 Å². The molecule has 6 aliphatic rings. The number of aliphatic hydroxyl groups excluding tert-OH is 3. The molecule has 1 unspecified atom stereocenters. The molecule has 0 aromatic carbocycles. The van der Waals surface area contributed by atoms with Gasteiger partial charge in [0.2, 0.25) is 0 Å². The Balaban J connectivity index is 1.69. The van der Waals surface area contributed by atoms with Crippen LogP contribution in [0, 0.1) is 34.5 Å². The molecule has 5 aliphatic carbocycles. The van der Waals surface area contributed by atoms with Crippen molar-refractivity contribution in [1.29, 1.82) is 0 Å². The van der Waals surface area contributed by atoms with Gasteiger partial charge < -0.3 is 49.0 Å². The van der Waals surface area contributed by atoms with Gasteiger partial charge in [0, 0.05) is 83.1 Å². The van der Waals surface area contributed by atoms with Crippen LogP contribution in [0.5, 0.6) is 0 Å². The summed E-state index contributed by atoms with van der Waals surface area (Å²) >= 11 is 0. The van der Waals surface area contributed by atoms with E-state index >= 15 is 0 Å². The maximum atomic E-state index is 11.9. The predicted octanol–water partition coefficient (Wildman–Crippen LogP) is -1.52. The quantitative estimate of drug-likeness (QED) is 0.342. The molecule has 4 N–H and O–H groups in total. The number of hydrogen-bond acceptors (Lipinski definition) is 10. The van der Waals surface area contributed by atoms with Gasteiger partial charge in [0.05, 0.1) is 31.0 Å². The number of fused-ring (bicyclic) bond motifs is 2. The zero-order valence-electron chi connectivity index (χ0n) is 21.5. The molecule has 0 radical (unpaired) electrons. The molecule has 1 saturated heterocycles. The molecule has 10 nitrogen and oxygen atoms in total. The van der Waals surface area contributed by atoms with E-state index in [1.807, 2.05) is 7.05 Å². The molecular weight excluding hydrogens is 458 g/mol. The van der Waals surface area contributed by atoms with Crippen LogP contribution in [0.3, 0.4) is 0 Å². The zero-order chi connectivity index (χ0) is 25.3. The van der Waals surface area contributed by atoms with Gasteiger partial charge in [-0.25, -0.2) is 0 Å². The molecule has 10 heteroatoms. The minimum atomic E-state index is -1.63. The molecule has 15 atom stereocenters. The van der Waals surface area contributed by atoms with Crippen LogP contribution in [-0.4, -0.2) is 135 Å². The van der Waals surface area contributed by atoms with Crippen molar-refractivity contribution in [3.63, 3.8) is 0 Å². The van der Waals surface area contributed by atoms with Crippen LogP contribution < -0.4 is 0 Å². The summed E-state index contributed by atoms with van der Waals surface area (Å²) in [6.45, 7) is 0.938. The van der Waals surface area contributed by atoms with Gasteiger partial charge in [-0.05, 0) is 19.4 Å². The minimum absolute atomic E-state index is 0.124. The van der Waals surface area contributed by atoms with Crippen molar-refractivity contribution in [2.75, 3.05) is 55.7 Å². The molecule has 7 bridgehead atoms. The topological polar surface area (TPSA) is 130 Å². The summed E-state index contributed by atoms with van der Waals surface area (Å²) in [4.78, 5) is 2.27. The molecule has 1 heterocycles. The smallest absolute Gasteiger partial charge is 0.120 e. The lowest BCUT2D eigenvalue weighted by molar-refractivity contribution is -0.325. The summed E-state index contributed by atoms with van der Waals surface area (Å²) in [7, 11) is 10.1. The van der Waals surface area contributed by atoms with Crippen LogP contribution >= 0.6 is 0 Å². The number of methoxy groups -OCH3 is 5. The fourth-order valence-electron chi connectivity index (χ4n) is 11.2. The summed E-state index contributed by atoms with van der Waals surface area (Å²) in [6, 6.07) is -0.124. The van der Waals surface area contributed by atoms with Crippen molar-refractivity contribution in [2.24, 2.45) is 34.5 Å². The molecule has 35 heavy (non-hydrogen) atoms. The van der Waals surface area contributed by atoms with Crippen molar-refractivity contribution >= 4 is 0 Å². The first kappa shape index (κ1) is 24.9. The minimum Gasteiger partial charge on any atom is -0.392 e. The van der Waals surface area contributed by atoms with E-state index in [9.17, 15) is 20.4 Å². The first-order valence-corrected chi connectivity index (χ1v) is 12.7. The Morgan fingerprint density at radius 3 is 2.23 bits per heavy atom. The maximum absolute atomic E-state index is 11.9. The molecular formula is C25H41NO9.